The highest BCUT2D eigenvalue weighted by molar-refractivity contribution is 8.00. The van der Waals surface area contributed by atoms with Crippen LogP contribution in [0, 0.1) is 0 Å². The average Bonchev–Trinajstić information content (AvgIpc) is 2.94. The minimum absolute atomic E-state index is 0.104. The number of carbonyl (C=O) groups excluding carboxylic acids is 3. The van der Waals surface area contributed by atoms with Crippen LogP contribution in [0.1, 0.15) is 17.2 Å². The molecule has 1 fully saturated rings. The van der Waals surface area contributed by atoms with E-state index in [4.69, 9.17) is 9.47 Å². The van der Waals surface area contributed by atoms with Gasteiger partial charge in [-0.3, -0.25) is 14.5 Å². The number of benzene rings is 3. The van der Waals surface area contributed by atoms with Gasteiger partial charge in [-0.05, 0) is 23.3 Å². The molecule has 2 aliphatic rings. The van der Waals surface area contributed by atoms with Crippen molar-refractivity contribution >= 4 is 29.5 Å². The Labute approximate surface area is 217 Å². The number of β-lactam (4-membered cyclic amide) rings is 1. The van der Waals surface area contributed by atoms with E-state index in [1.54, 1.807) is 24.3 Å². The molecule has 2 N–H and O–H groups in total. The maximum Gasteiger partial charge on any atom is 0.359 e. The number of nitrogens with zero attached hydrogens (tertiary/aromatic N) is 1. The van der Waals surface area contributed by atoms with Gasteiger partial charge in [0.05, 0.1) is 5.75 Å². The van der Waals surface area contributed by atoms with Crippen LogP contribution >= 0.6 is 11.8 Å². The van der Waals surface area contributed by atoms with Gasteiger partial charge in [-0.15, -0.1) is 11.8 Å². The van der Waals surface area contributed by atoms with E-state index in [9.17, 15) is 19.5 Å². The summed E-state index contributed by atoms with van der Waals surface area (Å²) in [5.41, 5.74) is 1.31. The summed E-state index contributed by atoms with van der Waals surface area (Å²) in [7, 11) is 0. The van der Waals surface area contributed by atoms with Crippen LogP contribution in [0.2, 0.25) is 0 Å². The number of esters is 1. The first kappa shape index (κ1) is 24.5. The van der Waals surface area contributed by atoms with Crippen molar-refractivity contribution in [3.05, 3.63) is 114 Å². The summed E-state index contributed by atoms with van der Waals surface area (Å²) in [5.74, 6) is -1.37. The van der Waals surface area contributed by atoms with Crippen LogP contribution in [0.15, 0.2) is 102 Å². The van der Waals surface area contributed by atoms with E-state index in [1.165, 1.54) is 16.7 Å². The third kappa shape index (κ3) is 5.17. The molecule has 8 nitrogen and oxygen atoms in total. The molecule has 1 unspecified atom stereocenters. The number of ether oxygens (including phenoxy) is 2. The van der Waals surface area contributed by atoms with Crippen LogP contribution in [0.3, 0.4) is 0 Å². The van der Waals surface area contributed by atoms with Gasteiger partial charge in [0.2, 0.25) is 0 Å². The van der Waals surface area contributed by atoms with Crippen molar-refractivity contribution < 1.29 is 29.0 Å². The van der Waals surface area contributed by atoms with Crippen LogP contribution in [0.5, 0.6) is 5.75 Å². The lowest BCUT2D eigenvalue weighted by Crippen LogP contribution is -2.71. The molecule has 5 rings (SSSR count). The predicted octanol–water partition coefficient (Wildman–Crippen LogP) is 3.57. The fraction of sp³-hybridized carbons (Fsp3) is 0.179. The largest absolute Gasteiger partial charge is 0.509 e. The maximum absolute atomic E-state index is 13.3. The van der Waals surface area contributed by atoms with Gasteiger partial charge >= 0.3 is 5.97 Å². The number of amides is 2. The molecule has 9 heteroatoms. The maximum atomic E-state index is 13.3. The molecule has 37 heavy (non-hydrogen) atoms. The van der Waals surface area contributed by atoms with E-state index in [0.29, 0.717) is 5.75 Å². The fourth-order valence-electron chi connectivity index (χ4n) is 4.22. The van der Waals surface area contributed by atoms with Gasteiger partial charge in [-0.25, -0.2) is 4.79 Å². The monoisotopic (exact) mass is 516 g/mol. The number of nitrogens with one attached hydrogen (secondary N) is 1. The number of thioether (sulfide) groups is 1. The summed E-state index contributed by atoms with van der Waals surface area (Å²) >= 11 is 1.26. The molecule has 1 saturated heterocycles. The lowest BCUT2D eigenvalue weighted by atomic mass is 10.0. The number of carbonyl (C=O) groups is 3. The van der Waals surface area contributed by atoms with Crippen LogP contribution in [0.4, 0.5) is 0 Å². The van der Waals surface area contributed by atoms with Gasteiger partial charge in [0.1, 0.15) is 22.9 Å². The van der Waals surface area contributed by atoms with Crippen molar-refractivity contribution in [1.29, 1.82) is 0 Å². The predicted molar refractivity (Wildman–Crippen MR) is 137 cm³/mol. The van der Waals surface area contributed by atoms with Gasteiger partial charge in [0.25, 0.3) is 11.8 Å². The minimum atomic E-state index is -0.841. The zero-order valence-electron chi connectivity index (χ0n) is 19.7. The molecule has 0 saturated carbocycles. The molecular formula is C28H24N2O6S. The molecule has 0 spiro atoms. The highest BCUT2D eigenvalue weighted by Gasteiger charge is 2.55. The van der Waals surface area contributed by atoms with Crippen LogP contribution in [-0.2, 0) is 19.1 Å². The molecule has 0 aromatic heterocycles. The molecule has 2 atom stereocenters. The fourth-order valence-corrected chi connectivity index (χ4v) is 5.42. The molecule has 0 radical (unpaired) electrons. The topological polar surface area (TPSA) is 105 Å². The molecule has 0 aliphatic carbocycles. The summed E-state index contributed by atoms with van der Waals surface area (Å²) in [6.45, 7) is -0.253. The van der Waals surface area contributed by atoms with E-state index in [1.807, 2.05) is 66.7 Å². The summed E-state index contributed by atoms with van der Waals surface area (Å²) in [6, 6.07) is 26.5. The molecule has 0 bridgehead atoms. The number of rotatable bonds is 8. The Morgan fingerprint density at radius 3 is 2.11 bits per heavy atom. The van der Waals surface area contributed by atoms with Gasteiger partial charge in [0.15, 0.2) is 18.4 Å². The number of aliphatic hydroxyl groups is 1. The molecular weight excluding hydrogens is 492 g/mol. The highest BCUT2D eigenvalue weighted by atomic mass is 32.2. The SMILES string of the molecule is O=C(COc1ccccc1)NC1C(=O)N2C(C(=O)OC(c3ccccc3)c3ccccc3)=C(O)CS[C@@H]12. The first-order chi connectivity index (χ1) is 18.0. The third-order valence-electron chi connectivity index (χ3n) is 6.00. The Bertz CT molecular complexity index is 1280. The smallest absolute Gasteiger partial charge is 0.359 e. The van der Waals surface area contributed by atoms with Gasteiger partial charge in [0, 0.05) is 0 Å². The lowest BCUT2D eigenvalue weighted by Gasteiger charge is -2.48. The van der Waals surface area contributed by atoms with Gasteiger partial charge in [-0.2, -0.15) is 0 Å². The number of hydrogen-bond donors (Lipinski definition) is 2. The van der Waals surface area contributed by atoms with Crippen molar-refractivity contribution in [1.82, 2.24) is 10.2 Å². The van der Waals surface area contributed by atoms with Crippen molar-refractivity contribution in [3.8, 4) is 5.75 Å². The van der Waals surface area contributed by atoms with Gasteiger partial charge in [-0.1, -0.05) is 78.9 Å². The standard InChI is InChI=1S/C28H24N2O6S/c31-21-17-37-27-23(29-22(32)16-35-20-14-8-3-9-15-20)26(33)30(27)24(21)28(34)36-25(18-10-4-1-5-11-18)19-12-6-2-7-13-19/h1-15,23,25,27,31H,16-17H2,(H,29,32)/t23?,27-/m0/s1. The second-order valence-corrected chi connectivity index (χ2v) is 9.56. The van der Waals surface area contributed by atoms with Crippen molar-refractivity contribution in [3.63, 3.8) is 0 Å². The van der Waals surface area contributed by atoms with Crippen LogP contribution < -0.4 is 10.1 Å². The average molecular weight is 517 g/mol. The van der Waals surface area contributed by atoms with Crippen molar-refractivity contribution in [2.45, 2.75) is 17.5 Å². The number of aliphatic hydroxyl groups excluding tert-OH is 1. The quantitative estimate of drug-likeness (QED) is 0.348. The molecule has 2 heterocycles. The first-order valence-electron chi connectivity index (χ1n) is 11.7. The molecule has 2 amide bonds. The van der Waals surface area contributed by atoms with Crippen LogP contribution in [-0.4, -0.2) is 51.6 Å². The van der Waals surface area contributed by atoms with Gasteiger partial charge < -0.3 is 19.9 Å². The van der Waals surface area contributed by atoms with E-state index < -0.39 is 35.3 Å². The lowest BCUT2D eigenvalue weighted by molar-refractivity contribution is -0.155. The van der Waals surface area contributed by atoms with E-state index in [2.05, 4.69) is 5.32 Å². The van der Waals surface area contributed by atoms with E-state index in [-0.39, 0.29) is 23.8 Å². The second-order valence-electron chi connectivity index (χ2n) is 8.46. The Kier molecular flexibility index (Phi) is 7.14. The highest BCUT2D eigenvalue weighted by Crippen LogP contribution is 2.41. The Morgan fingerprint density at radius 1 is 0.946 bits per heavy atom. The number of para-hydroxylation sites is 1. The van der Waals surface area contributed by atoms with Crippen molar-refractivity contribution in [2.24, 2.45) is 0 Å². The Balaban J connectivity index is 1.28. The molecule has 188 valence electrons. The number of hydrogen-bond acceptors (Lipinski definition) is 7. The zero-order valence-corrected chi connectivity index (χ0v) is 20.5. The summed E-state index contributed by atoms with van der Waals surface area (Å²) in [5, 5.41) is 12.7. The zero-order chi connectivity index (χ0) is 25.8. The Hall–Kier alpha value is -4.24. The van der Waals surface area contributed by atoms with Crippen molar-refractivity contribution in [2.75, 3.05) is 12.4 Å². The molecule has 3 aromatic carbocycles. The summed E-state index contributed by atoms with van der Waals surface area (Å²) < 4.78 is 11.3. The normalized spacial score (nSPS) is 18.6. The molecule has 3 aromatic rings. The number of fused-ring (bicyclic) bond motifs is 1. The molecule has 2 aliphatic heterocycles. The van der Waals surface area contributed by atoms with Crippen LogP contribution in [0.25, 0.3) is 0 Å². The summed E-state index contributed by atoms with van der Waals surface area (Å²) in [4.78, 5) is 39.9. The second kappa shape index (κ2) is 10.8. The summed E-state index contributed by atoms with van der Waals surface area (Å²) in [6.07, 6.45) is -0.731. The van der Waals surface area contributed by atoms with E-state index >= 15 is 0 Å². The first-order valence-corrected chi connectivity index (χ1v) is 12.7. The Morgan fingerprint density at radius 2 is 1.51 bits per heavy atom. The third-order valence-corrected chi connectivity index (χ3v) is 7.27. The minimum Gasteiger partial charge on any atom is -0.509 e. The van der Waals surface area contributed by atoms with E-state index in [0.717, 1.165) is 11.1 Å².